The minimum Gasteiger partial charge on any atom is -0.374 e. The Bertz CT molecular complexity index is 284. The molecule has 0 aliphatic heterocycles. The first-order valence-corrected chi connectivity index (χ1v) is 5.60. The van der Waals surface area contributed by atoms with E-state index >= 15 is 0 Å². The molecule has 14 heavy (non-hydrogen) atoms. The number of nitrogen functional groups attached to an aromatic ring is 1. The van der Waals surface area contributed by atoms with Crippen LogP contribution in [0.3, 0.4) is 0 Å². The molecule has 0 aliphatic rings. The van der Waals surface area contributed by atoms with Gasteiger partial charge in [0.2, 0.25) is 5.13 Å². The Balaban J connectivity index is 2.52. The van der Waals surface area contributed by atoms with E-state index in [9.17, 15) is 0 Å². The average Bonchev–Trinajstić information content (AvgIpc) is 2.49. The summed E-state index contributed by atoms with van der Waals surface area (Å²) in [4.78, 5) is 2.27. The first-order valence-electron chi connectivity index (χ1n) is 4.78. The first kappa shape index (κ1) is 11.4. The molecule has 2 N–H and O–H groups in total. The first-order chi connectivity index (χ1) is 6.50. The van der Waals surface area contributed by atoms with Crippen LogP contribution < -0.4 is 5.73 Å². The number of aromatic nitrogens is 2. The van der Waals surface area contributed by atoms with E-state index in [-0.39, 0.29) is 0 Å². The van der Waals surface area contributed by atoms with Gasteiger partial charge in [-0.3, -0.25) is 4.90 Å². The second kappa shape index (κ2) is 4.70. The zero-order valence-electron chi connectivity index (χ0n) is 9.19. The molecule has 0 amide bonds. The Labute approximate surface area is 89.1 Å². The molecular formula is C9H18N4S. The highest BCUT2D eigenvalue weighted by Crippen LogP contribution is 2.16. The van der Waals surface area contributed by atoms with Gasteiger partial charge in [-0.25, -0.2) is 0 Å². The number of hydrogen-bond acceptors (Lipinski definition) is 5. The van der Waals surface area contributed by atoms with Gasteiger partial charge in [-0.1, -0.05) is 25.2 Å². The molecule has 0 aromatic carbocycles. The van der Waals surface area contributed by atoms with Crippen molar-refractivity contribution in [3.05, 3.63) is 5.01 Å². The van der Waals surface area contributed by atoms with E-state index in [1.165, 1.54) is 11.3 Å². The molecule has 0 aliphatic carbocycles. The summed E-state index contributed by atoms with van der Waals surface area (Å²) in [6.07, 6.45) is 0. The summed E-state index contributed by atoms with van der Waals surface area (Å²) < 4.78 is 0. The van der Waals surface area contributed by atoms with Crippen molar-refractivity contribution < 1.29 is 0 Å². The molecule has 1 aromatic heterocycles. The summed E-state index contributed by atoms with van der Waals surface area (Å²) in [6.45, 7) is 7.48. The standard InChI is InChI=1S/C9H18N4S/c1-6(2)7(3)13(4)5-8-11-12-9(10)14-8/h6-7H,5H2,1-4H3,(H2,10,12). The molecule has 5 heteroatoms. The molecule has 0 spiro atoms. The highest BCUT2D eigenvalue weighted by Gasteiger charge is 2.14. The van der Waals surface area contributed by atoms with Gasteiger partial charge in [-0.2, -0.15) is 0 Å². The molecule has 1 atom stereocenters. The lowest BCUT2D eigenvalue weighted by Gasteiger charge is -2.26. The predicted molar refractivity (Wildman–Crippen MR) is 60.1 cm³/mol. The smallest absolute Gasteiger partial charge is 0.203 e. The summed E-state index contributed by atoms with van der Waals surface area (Å²) >= 11 is 1.46. The molecule has 0 radical (unpaired) electrons. The van der Waals surface area contributed by atoms with E-state index in [1.807, 2.05) is 0 Å². The van der Waals surface area contributed by atoms with Gasteiger partial charge in [0.15, 0.2) is 0 Å². The van der Waals surface area contributed by atoms with Crippen molar-refractivity contribution in [1.29, 1.82) is 0 Å². The molecule has 1 unspecified atom stereocenters. The highest BCUT2D eigenvalue weighted by molar-refractivity contribution is 7.15. The summed E-state index contributed by atoms with van der Waals surface area (Å²) in [7, 11) is 2.10. The molecule has 0 bridgehead atoms. The van der Waals surface area contributed by atoms with Gasteiger partial charge in [-0.05, 0) is 19.9 Å². The van der Waals surface area contributed by atoms with Crippen LogP contribution in [0.1, 0.15) is 25.8 Å². The number of nitrogens with zero attached hydrogens (tertiary/aromatic N) is 3. The monoisotopic (exact) mass is 214 g/mol. The Hall–Kier alpha value is -0.680. The summed E-state index contributed by atoms with van der Waals surface area (Å²) in [6, 6.07) is 0.542. The van der Waals surface area contributed by atoms with Gasteiger partial charge >= 0.3 is 0 Å². The normalized spacial score (nSPS) is 13.9. The molecule has 0 saturated carbocycles. The molecular weight excluding hydrogens is 196 g/mol. The van der Waals surface area contributed by atoms with Crippen LogP contribution in [-0.4, -0.2) is 28.2 Å². The van der Waals surface area contributed by atoms with Gasteiger partial charge in [0, 0.05) is 6.04 Å². The summed E-state index contributed by atoms with van der Waals surface area (Å²) in [5.74, 6) is 0.644. The zero-order valence-corrected chi connectivity index (χ0v) is 10.0. The lowest BCUT2D eigenvalue weighted by atomic mass is 10.1. The molecule has 4 nitrogen and oxygen atoms in total. The maximum Gasteiger partial charge on any atom is 0.203 e. The van der Waals surface area contributed by atoms with Crippen LogP contribution in [0.25, 0.3) is 0 Å². The van der Waals surface area contributed by atoms with Gasteiger partial charge in [-0.15, -0.1) is 10.2 Å². The average molecular weight is 214 g/mol. The lowest BCUT2D eigenvalue weighted by Crippen LogP contribution is -2.32. The topological polar surface area (TPSA) is 55.0 Å². The second-order valence-electron chi connectivity index (χ2n) is 3.93. The summed E-state index contributed by atoms with van der Waals surface area (Å²) in [5.41, 5.74) is 5.52. The fourth-order valence-corrected chi connectivity index (χ4v) is 1.87. The second-order valence-corrected chi connectivity index (χ2v) is 5.03. The third-order valence-corrected chi connectivity index (χ3v) is 3.26. The van der Waals surface area contributed by atoms with Crippen molar-refractivity contribution in [3.8, 4) is 0 Å². The third-order valence-electron chi connectivity index (χ3n) is 2.53. The number of hydrogen-bond donors (Lipinski definition) is 1. The molecule has 1 aromatic rings. The van der Waals surface area contributed by atoms with E-state index in [1.54, 1.807) is 0 Å². The largest absolute Gasteiger partial charge is 0.374 e. The molecule has 1 heterocycles. The van der Waals surface area contributed by atoms with Crippen LogP contribution in [0.4, 0.5) is 5.13 Å². The van der Waals surface area contributed by atoms with Gasteiger partial charge < -0.3 is 5.73 Å². The zero-order chi connectivity index (χ0) is 10.7. The van der Waals surface area contributed by atoms with Crippen LogP contribution in [0.15, 0.2) is 0 Å². The maximum atomic E-state index is 5.52. The van der Waals surface area contributed by atoms with E-state index in [0.717, 1.165) is 11.6 Å². The fourth-order valence-electron chi connectivity index (χ4n) is 1.20. The predicted octanol–water partition coefficient (Wildman–Crippen LogP) is 1.60. The number of nitrogens with two attached hydrogens (primary N) is 1. The van der Waals surface area contributed by atoms with E-state index < -0.39 is 0 Å². The Morgan fingerprint density at radius 1 is 1.36 bits per heavy atom. The molecule has 1 rings (SSSR count). The minimum absolute atomic E-state index is 0.542. The van der Waals surface area contributed by atoms with Gasteiger partial charge in [0.05, 0.1) is 6.54 Å². The Kier molecular flexibility index (Phi) is 3.83. The maximum absolute atomic E-state index is 5.52. The van der Waals surface area contributed by atoms with Crippen LogP contribution in [0.5, 0.6) is 0 Å². The van der Waals surface area contributed by atoms with Crippen LogP contribution in [-0.2, 0) is 6.54 Å². The SMILES string of the molecule is CC(C)C(C)N(C)Cc1nnc(N)s1. The molecule has 0 fully saturated rings. The minimum atomic E-state index is 0.542. The highest BCUT2D eigenvalue weighted by atomic mass is 32.1. The van der Waals surface area contributed by atoms with Crippen molar-refractivity contribution in [3.63, 3.8) is 0 Å². The molecule has 80 valence electrons. The Morgan fingerprint density at radius 2 is 2.00 bits per heavy atom. The third kappa shape index (κ3) is 2.92. The van der Waals surface area contributed by atoms with Crippen LogP contribution in [0, 0.1) is 5.92 Å². The summed E-state index contributed by atoms with van der Waals surface area (Å²) in [5, 5.41) is 9.32. The van der Waals surface area contributed by atoms with Crippen LogP contribution in [0.2, 0.25) is 0 Å². The Morgan fingerprint density at radius 3 is 2.43 bits per heavy atom. The van der Waals surface area contributed by atoms with Gasteiger partial charge in [0.1, 0.15) is 5.01 Å². The van der Waals surface area contributed by atoms with Crippen molar-refractivity contribution in [2.75, 3.05) is 12.8 Å². The van der Waals surface area contributed by atoms with Crippen molar-refractivity contribution in [2.45, 2.75) is 33.4 Å². The van der Waals surface area contributed by atoms with Crippen LogP contribution >= 0.6 is 11.3 Å². The number of anilines is 1. The van der Waals surface area contributed by atoms with E-state index in [0.29, 0.717) is 17.1 Å². The van der Waals surface area contributed by atoms with E-state index in [4.69, 9.17) is 5.73 Å². The van der Waals surface area contributed by atoms with E-state index in [2.05, 4.69) is 42.9 Å². The fraction of sp³-hybridized carbons (Fsp3) is 0.778. The molecule has 0 saturated heterocycles. The quantitative estimate of drug-likeness (QED) is 0.827. The van der Waals surface area contributed by atoms with Gasteiger partial charge in [0.25, 0.3) is 0 Å². The lowest BCUT2D eigenvalue weighted by molar-refractivity contribution is 0.200. The van der Waals surface area contributed by atoms with Crippen molar-refractivity contribution >= 4 is 16.5 Å². The number of rotatable bonds is 4. The van der Waals surface area contributed by atoms with Crippen molar-refractivity contribution in [1.82, 2.24) is 15.1 Å². The van der Waals surface area contributed by atoms with Crippen molar-refractivity contribution in [2.24, 2.45) is 5.92 Å².